The van der Waals surface area contributed by atoms with Crippen molar-refractivity contribution in [3.63, 3.8) is 0 Å². The minimum absolute atomic E-state index is 0.110. The van der Waals surface area contributed by atoms with E-state index < -0.39 is 10.0 Å². The molecule has 1 unspecified atom stereocenters. The summed E-state index contributed by atoms with van der Waals surface area (Å²) in [7, 11) is -1.22. The van der Waals surface area contributed by atoms with Crippen molar-refractivity contribution in [2.24, 2.45) is 0 Å². The van der Waals surface area contributed by atoms with Crippen LogP contribution in [0.2, 0.25) is 0 Å². The van der Waals surface area contributed by atoms with E-state index in [-0.39, 0.29) is 4.75 Å². The Morgan fingerprint density at radius 2 is 1.61 bits per heavy atom. The number of rotatable bonds is 6. The molecule has 0 rings (SSSR count). The van der Waals surface area contributed by atoms with Gasteiger partial charge in [-0.15, -0.1) is 0 Å². The SMILES string of the molecule is C=C/C=C\C(=C)S(C)(/C(C=C)=C/C=C)C(C)(C)C. The molecule has 0 spiro atoms. The van der Waals surface area contributed by atoms with Crippen molar-refractivity contribution in [3.05, 3.63) is 72.6 Å². The van der Waals surface area contributed by atoms with Crippen LogP contribution in [0.1, 0.15) is 20.8 Å². The van der Waals surface area contributed by atoms with Crippen LogP contribution >= 0.6 is 10.0 Å². The summed E-state index contributed by atoms with van der Waals surface area (Å²) in [5.41, 5.74) is 0. The Balaban J connectivity index is 5.88. The van der Waals surface area contributed by atoms with Crippen LogP contribution < -0.4 is 0 Å². The van der Waals surface area contributed by atoms with Gasteiger partial charge < -0.3 is 0 Å². The summed E-state index contributed by atoms with van der Waals surface area (Å²) in [6.45, 7) is 22.4. The second kappa shape index (κ2) is 6.65. The number of hydrogen-bond acceptors (Lipinski definition) is 0. The van der Waals surface area contributed by atoms with Crippen LogP contribution in [0.5, 0.6) is 0 Å². The van der Waals surface area contributed by atoms with Gasteiger partial charge >= 0.3 is 0 Å². The van der Waals surface area contributed by atoms with E-state index in [2.05, 4.69) is 53.3 Å². The van der Waals surface area contributed by atoms with Crippen LogP contribution in [0.3, 0.4) is 0 Å². The van der Waals surface area contributed by atoms with Gasteiger partial charge in [0.05, 0.1) is 0 Å². The highest BCUT2D eigenvalue weighted by atomic mass is 32.3. The molecule has 0 saturated carbocycles. The smallest absolute Gasteiger partial charge is 0.000803 e. The predicted molar refractivity (Wildman–Crippen MR) is 90.2 cm³/mol. The third-order valence-electron chi connectivity index (χ3n) is 3.12. The van der Waals surface area contributed by atoms with Gasteiger partial charge in [0.15, 0.2) is 0 Å². The van der Waals surface area contributed by atoms with Crippen molar-refractivity contribution in [1.29, 1.82) is 0 Å². The van der Waals surface area contributed by atoms with Gasteiger partial charge in [0.25, 0.3) is 0 Å². The minimum atomic E-state index is -1.22. The molecule has 0 N–H and O–H groups in total. The Kier molecular flexibility index (Phi) is 6.20. The molecule has 0 nitrogen and oxygen atoms in total. The van der Waals surface area contributed by atoms with Crippen LogP contribution in [0.25, 0.3) is 0 Å². The molecule has 0 amide bonds. The van der Waals surface area contributed by atoms with E-state index in [0.29, 0.717) is 0 Å². The van der Waals surface area contributed by atoms with Gasteiger partial charge in [0.1, 0.15) is 0 Å². The molecule has 0 fully saturated rings. The monoisotopic (exact) mass is 262 g/mol. The summed E-state index contributed by atoms with van der Waals surface area (Å²) < 4.78 is 0.110. The Morgan fingerprint density at radius 1 is 1.06 bits per heavy atom. The van der Waals surface area contributed by atoms with Crippen molar-refractivity contribution < 1.29 is 0 Å². The van der Waals surface area contributed by atoms with Crippen LogP contribution in [0.15, 0.2) is 72.6 Å². The standard InChI is InChI=1S/C17H26S/c1-9-12-14-15(4)18(8,17(5,6)7)16(11-3)13-10-2/h9-14H,1-4H2,5-8H3/b14-12-,16-13+. The third-order valence-corrected chi connectivity index (χ3v) is 8.00. The first-order chi connectivity index (χ1) is 8.25. The molecule has 100 valence electrons. The Labute approximate surface area is 114 Å². The summed E-state index contributed by atoms with van der Waals surface area (Å²) in [5.74, 6) is 0. The molecular weight excluding hydrogens is 236 g/mol. The topological polar surface area (TPSA) is 0 Å². The van der Waals surface area contributed by atoms with Crippen LogP contribution in [-0.2, 0) is 0 Å². The maximum atomic E-state index is 4.26. The van der Waals surface area contributed by atoms with Gasteiger partial charge in [0.2, 0.25) is 0 Å². The lowest BCUT2D eigenvalue weighted by atomic mass is 10.3. The molecule has 0 bridgehead atoms. The van der Waals surface area contributed by atoms with Crippen molar-refractivity contribution in [1.82, 2.24) is 0 Å². The summed E-state index contributed by atoms with van der Waals surface area (Å²) in [6, 6.07) is 0. The van der Waals surface area contributed by atoms with E-state index in [0.717, 1.165) is 4.91 Å². The molecular formula is C17H26S. The Hall–Kier alpha value is -1.21. The van der Waals surface area contributed by atoms with Gasteiger partial charge in [-0.3, -0.25) is 0 Å². The van der Waals surface area contributed by atoms with Crippen LogP contribution in [0, 0.1) is 0 Å². The van der Waals surface area contributed by atoms with Gasteiger partial charge in [-0.05, 0) is 20.8 Å². The highest BCUT2D eigenvalue weighted by Crippen LogP contribution is 2.67. The van der Waals surface area contributed by atoms with E-state index >= 15 is 0 Å². The third kappa shape index (κ3) is 3.39. The molecule has 0 saturated heterocycles. The van der Waals surface area contributed by atoms with Gasteiger partial charge in [-0.2, -0.15) is 10.0 Å². The predicted octanol–water partition coefficient (Wildman–Crippen LogP) is 5.73. The Morgan fingerprint density at radius 3 is 1.94 bits per heavy atom. The fraction of sp³-hybridized carbons (Fsp3) is 0.294. The summed E-state index contributed by atoms with van der Waals surface area (Å²) in [6.07, 6.45) is 13.8. The molecule has 1 atom stereocenters. The fourth-order valence-corrected chi connectivity index (χ4v) is 4.55. The van der Waals surface area contributed by atoms with Crippen LogP contribution in [0.4, 0.5) is 0 Å². The first kappa shape index (κ1) is 16.8. The molecule has 0 radical (unpaired) electrons. The maximum Gasteiger partial charge on any atom is -0.000803 e. The zero-order chi connectivity index (χ0) is 14.4. The van der Waals surface area contributed by atoms with Gasteiger partial charge in [-0.25, -0.2) is 0 Å². The molecule has 0 heterocycles. The summed E-state index contributed by atoms with van der Waals surface area (Å²) in [4.78, 5) is 2.34. The van der Waals surface area contributed by atoms with E-state index in [1.54, 1.807) is 6.08 Å². The van der Waals surface area contributed by atoms with E-state index in [1.807, 2.05) is 30.4 Å². The Bertz CT molecular complexity index is 402. The van der Waals surface area contributed by atoms with Crippen molar-refractivity contribution in [2.45, 2.75) is 25.5 Å². The number of allylic oxidation sites excluding steroid dienone is 6. The summed E-state index contributed by atoms with van der Waals surface area (Å²) in [5, 5.41) is 0. The molecule has 0 aliphatic heterocycles. The normalized spacial score (nSPS) is 17.9. The molecule has 0 aliphatic carbocycles. The second-order valence-corrected chi connectivity index (χ2v) is 9.16. The lowest BCUT2D eigenvalue weighted by Gasteiger charge is -2.49. The van der Waals surface area contributed by atoms with Crippen molar-refractivity contribution >= 4 is 10.0 Å². The molecule has 0 aromatic rings. The maximum absolute atomic E-state index is 4.26. The molecule has 0 aliphatic rings. The highest BCUT2D eigenvalue weighted by Gasteiger charge is 2.35. The zero-order valence-corrected chi connectivity index (χ0v) is 13.0. The minimum Gasteiger partial charge on any atom is -0.186 e. The second-order valence-electron chi connectivity index (χ2n) is 5.10. The molecule has 18 heavy (non-hydrogen) atoms. The first-order valence-electron chi connectivity index (χ1n) is 5.96. The van der Waals surface area contributed by atoms with Gasteiger partial charge in [-0.1, -0.05) is 83.5 Å². The first-order valence-corrected chi connectivity index (χ1v) is 8.01. The van der Waals surface area contributed by atoms with Crippen molar-refractivity contribution in [2.75, 3.05) is 6.26 Å². The zero-order valence-electron chi connectivity index (χ0n) is 12.2. The summed E-state index contributed by atoms with van der Waals surface area (Å²) >= 11 is 0. The lowest BCUT2D eigenvalue weighted by Crippen LogP contribution is -2.25. The lowest BCUT2D eigenvalue weighted by molar-refractivity contribution is 0.793. The fourth-order valence-electron chi connectivity index (χ4n) is 1.70. The highest BCUT2D eigenvalue weighted by molar-refractivity contribution is 8.40. The van der Waals surface area contributed by atoms with E-state index in [4.69, 9.17) is 0 Å². The number of hydrogen-bond donors (Lipinski definition) is 0. The quantitative estimate of drug-likeness (QED) is 0.536. The molecule has 1 heteroatoms. The van der Waals surface area contributed by atoms with Crippen LogP contribution in [-0.4, -0.2) is 11.0 Å². The average molecular weight is 262 g/mol. The van der Waals surface area contributed by atoms with Crippen molar-refractivity contribution in [3.8, 4) is 0 Å². The van der Waals surface area contributed by atoms with E-state index in [9.17, 15) is 0 Å². The largest absolute Gasteiger partial charge is 0.186 e. The van der Waals surface area contributed by atoms with E-state index in [1.165, 1.54) is 4.91 Å². The average Bonchev–Trinajstić information content (AvgIpc) is 2.30. The molecule has 0 aromatic heterocycles. The van der Waals surface area contributed by atoms with Gasteiger partial charge in [0, 0.05) is 0 Å². The molecule has 0 aromatic carbocycles.